The Morgan fingerprint density at radius 2 is 2.14 bits per heavy atom. The molecule has 0 bridgehead atoms. The zero-order valence-electron chi connectivity index (χ0n) is 8.69. The Morgan fingerprint density at radius 1 is 1.36 bits per heavy atom. The van der Waals surface area contributed by atoms with Crippen LogP contribution < -0.4 is 4.74 Å². The van der Waals surface area contributed by atoms with Crippen LogP contribution in [0.15, 0.2) is 24.3 Å². The summed E-state index contributed by atoms with van der Waals surface area (Å²) >= 11 is 0. The highest BCUT2D eigenvalue weighted by atomic mass is 16.5. The smallest absolute Gasteiger partial charge is 0.233 e. The number of hydrogen-bond acceptors (Lipinski definition) is 2. The van der Waals surface area contributed by atoms with Crippen LogP contribution in [-0.2, 0) is 0 Å². The maximum atomic E-state index is 5.10. The van der Waals surface area contributed by atoms with Crippen LogP contribution in [0.4, 0.5) is 0 Å². The first-order chi connectivity index (χ1) is 6.72. The van der Waals surface area contributed by atoms with Gasteiger partial charge in [0.25, 0.3) is 0 Å². The third kappa shape index (κ3) is 1.35. The van der Waals surface area contributed by atoms with Gasteiger partial charge in [0.2, 0.25) is 5.88 Å². The molecule has 2 rings (SSSR count). The van der Waals surface area contributed by atoms with E-state index in [2.05, 4.69) is 25.0 Å². The van der Waals surface area contributed by atoms with Crippen molar-refractivity contribution < 1.29 is 4.74 Å². The van der Waals surface area contributed by atoms with Gasteiger partial charge in [-0.3, -0.25) is 0 Å². The second kappa shape index (κ2) is 3.33. The van der Waals surface area contributed by atoms with Crippen molar-refractivity contribution in [1.29, 1.82) is 0 Å². The summed E-state index contributed by atoms with van der Waals surface area (Å²) in [7, 11) is 1.64. The van der Waals surface area contributed by atoms with Crippen molar-refractivity contribution in [2.24, 2.45) is 0 Å². The molecule has 0 N–H and O–H groups in total. The highest BCUT2D eigenvalue weighted by Crippen LogP contribution is 2.19. The Hall–Kier alpha value is -1.51. The van der Waals surface area contributed by atoms with Crippen LogP contribution in [0.25, 0.3) is 5.52 Å². The standard InChI is InChI=1S/C11H14N2O/c1-8(2)10-6-4-5-9-7-11(14-3)12-13(9)10/h4-8H,1-3H3. The fourth-order valence-corrected chi connectivity index (χ4v) is 1.55. The van der Waals surface area contributed by atoms with E-state index < -0.39 is 0 Å². The van der Waals surface area contributed by atoms with E-state index in [4.69, 9.17) is 4.74 Å². The molecular formula is C11H14N2O. The van der Waals surface area contributed by atoms with E-state index in [0.29, 0.717) is 11.8 Å². The number of fused-ring (bicyclic) bond motifs is 1. The minimum Gasteiger partial charge on any atom is -0.480 e. The molecule has 0 aliphatic carbocycles. The van der Waals surface area contributed by atoms with Crippen LogP contribution >= 0.6 is 0 Å². The first kappa shape index (κ1) is 9.06. The predicted octanol–water partition coefficient (Wildman–Crippen LogP) is 2.47. The average Bonchev–Trinajstić information content (AvgIpc) is 2.59. The molecule has 2 heterocycles. The Balaban J connectivity index is 2.66. The third-order valence-electron chi connectivity index (χ3n) is 2.29. The first-order valence-corrected chi connectivity index (χ1v) is 4.75. The molecule has 0 aliphatic rings. The van der Waals surface area contributed by atoms with E-state index in [0.717, 1.165) is 5.52 Å². The summed E-state index contributed by atoms with van der Waals surface area (Å²) in [6, 6.07) is 8.10. The maximum Gasteiger partial charge on any atom is 0.233 e. The number of methoxy groups -OCH3 is 1. The van der Waals surface area contributed by atoms with Gasteiger partial charge in [-0.05, 0) is 18.1 Å². The molecule has 2 aromatic rings. The lowest BCUT2D eigenvalue weighted by atomic mass is 10.1. The van der Waals surface area contributed by atoms with Crippen molar-refractivity contribution in [2.45, 2.75) is 19.8 Å². The molecule has 0 aliphatic heterocycles. The van der Waals surface area contributed by atoms with E-state index in [1.165, 1.54) is 5.69 Å². The monoisotopic (exact) mass is 190 g/mol. The van der Waals surface area contributed by atoms with Crippen LogP contribution in [0.5, 0.6) is 5.88 Å². The topological polar surface area (TPSA) is 26.5 Å². The number of aromatic nitrogens is 2. The van der Waals surface area contributed by atoms with Crippen molar-refractivity contribution in [3.05, 3.63) is 30.0 Å². The van der Waals surface area contributed by atoms with Gasteiger partial charge in [0, 0.05) is 11.8 Å². The van der Waals surface area contributed by atoms with Crippen LogP contribution in [0, 0.1) is 0 Å². The lowest BCUT2D eigenvalue weighted by Gasteiger charge is -2.06. The van der Waals surface area contributed by atoms with Crippen molar-refractivity contribution in [3.63, 3.8) is 0 Å². The number of ether oxygens (including phenoxy) is 1. The number of pyridine rings is 1. The van der Waals surface area contributed by atoms with Gasteiger partial charge in [-0.2, -0.15) is 0 Å². The second-order valence-corrected chi connectivity index (χ2v) is 3.63. The quantitative estimate of drug-likeness (QED) is 0.727. The normalized spacial score (nSPS) is 11.1. The molecule has 2 aromatic heterocycles. The second-order valence-electron chi connectivity index (χ2n) is 3.63. The van der Waals surface area contributed by atoms with Crippen molar-refractivity contribution in [2.75, 3.05) is 7.11 Å². The molecule has 3 nitrogen and oxygen atoms in total. The van der Waals surface area contributed by atoms with Gasteiger partial charge in [0.1, 0.15) is 0 Å². The average molecular weight is 190 g/mol. The zero-order valence-corrected chi connectivity index (χ0v) is 8.69. The molecule has 0 amide bonds. The zero-order chi connectivity index (χ0) is 10.1. The first-order valence-electron chi connectivity index (χ1n) is 4.75. The SMILES string of the molecule is COc1cc2cccc(C(C)C)n2n1. The molecule has 0 fully saturated rings. The summed E-state index contributed by atoms with van der Waals surface area (Å²) in [6.45, 7) is 4.31. The summed E-state index contributed by atoms with van der Waals surface area (Å²) in [5.41, 5.74) is 2.28. The van der Waals surface area contributed by atoms with Crippen LogP contribution in [0.1, 0.15) is 25.5 Å². The summed E-state index contributed by atoms with van der Waals surface area (Å²) in [6.07, 6.45) is 0. The molecule has 0 saturated carbocycles. The maximum absolute atomic E-state index is 5.10. The molecule has 74 valence electrons. The van der Waals surface area contributed by atoms with E-state index in [9.17, 15) is 0 Å². The lowest BCUT2D eigenvalue weighted by molar-refractivity contribution is 0.394. The van der Waals surface area contributed by atoms with Crippen LogP contribution in [0.2, 0.25) is 0 Å². The highest BCUT2D eigenvalue weighted by Gasteiger charge is 2.07. The van der Waals surface area contributed by atoms with Gasteiger partial charge >= 0.3 is 0 Å². The fraction of sp³-hybridized carbons (Fsp3) is 0.364. The van der Waals surface area contributed by atoms with Crippen molar-refractivity contribution in [3.8, 4) is 5.88 Å². The van der Waals surface area contributed by atoms with Gasteiger partial charge in [0.15, 0.2) is 0 Å². The predicted molar refractivity (Wildman–Crippen MR) is 55.8 cm³/mol. The largest absolute Gasteiger partial charge is 0.480 e. The Labute approximate surface area is 83.3 Å². The van der Waals surface area contributed by atoms with Gasteiger partial charge < -0.3 is 4.74 Å². The van der Waals surface area contributed by atoms with Crippen LogP contribution in [-0.4, -0.2) is 16.7 Å². The minimum absolute atomic E-state index is 0.461. The molecule has 0 spiro atoms. The van der Waals surface area contributed by atoms with Crippen LogP contribution in [0.3, 0.4) is 0 Å². The van der Waals surface area contributed by atoms with Gasteiger partial charge in [-0.15, -0.1) is 5.10 Å². The van der Waals surface area contributed by atoms with Crippen molar-refractivity contribution in [1.82, 2.24) is 9.61 Å². The molecule has 14 heavy (non-hydrogen) atoms. The Morgan fingerprint density at radius 3 is 2.79 bits per heavy atom. The van der Waals surface area contributed by atoms with Gasteiger partial charge in [-0.1, -0.05) is 19.9 Å². The molecule has 0 unspecified atom stereocenters. The van der Waals surface area contributed by atoms with Gasteiger partial charge in [-0.25, -0.2) is 4.52 Å². The van der Waals surface area contributed by atoms with Gasteiger partial charge in [0.05, 0.1) is 12.6 Å². The van der Waals surface area contributed by atoms with E-state index >= 15 is 0 Å². The van der Waals surface area contributed by atoms with E-state index in [-0.39, 0.29) is 0 Å². The third-order valence-corrected chi connectivity index (χ3v) is 2.29. The van der Waals surface area contributed by atoms with Crippen molar-refractivity contribution >= 4 is 5.52 Å². The lowest BCUT2D eigenvalue weighted by Crippen LogP contribution is -1.99. The summed E-state index contributed by atoms with van der Waals surface area (Å²) in [5.74, 6) is 1.13. The number of hydrogen-bond donors (Lipinski definition) is 0. The summed E-state index contributed by atoms with van der Waals surface area (Å²) in [4.78, 5) is 0. The Kier molecular flexibility index (Phi) is 2.15. The van der Waals surface area contributed by atoms with E-state index in [1.54, 1.807) is 7.11 Å². The minimum atomic E-state index is 0.461. The molecule has 0 aromatic carbocycles. The summed E-state index contributed by atoms with van der Waals surface area (Å²) in [5, 5.41) is 4.35. The molecular weight excluding hydrogens is 176 g/mol. The molecule has 0 radical (unpaired) electrons. The Bertz CT molecular complexity index is 445. The molecule has 0 atom stereocenters. The van der Waals surface area contributed by atoms with E-state index in [1.807, 2.05) is 22.7 Å². The fourth-order valence-electron chi connectivity index (χ4n) is 1.55. The number of nitrogens with zero attached hydrogens (tertiary/aromatic N) is 2. The molecule has 0 saturated heterocycles. The molecule has 3 heteroatoms. The highest BCUT2D eigenvalue weighted by molar-refractivity contribution is 5.50. The number of rotatable bonds is 2. The summed E-state index contributed by atoms with van der Waals surface area (Å²) < 4.78 is 7.04.